The lowest BCUT2D eigenvalue weighted by molar-refractivity contribution is 0.130. The summed E-state index contributed by atoms with van der Waals surface area (Å²) in [6, 6.07) is 10.0. The van der Waals surface area contributed by atoms with Crippen molar-refractivity contribution in [2.75, 3.05) is 6.54 Å². The summed E-state index contributed by atoms with van der Waals surface area (Å²) in [5.74, 6) is 2.52. The molecule has 2 heterocycles. The van der Waals surface area contributed by atoms with E-state index in [2.05, 4.69) is 20.5 Å². The lowest BCUT2D eigenvalue weighted by Gasteiger charge is -2.14. The van der Waals surface area contributed by atoms with Crippen LogP contribution >= 0.6 is 0 Å². The molecule has 0 bridgehead atoms. The van der Waals surface area contributed by atoms with Gasteiger partial charge in [0.25, 0.3) is 0 Å². The van der Waals surface area contributed by atoms with Gasteiger partial charge < -0.3 is 14.8 Å². The quantitative estimate of drug-likeness (QED) is 0.632. The molecule has 7 heteroatoms. The highest BCUT2D eigenvalue weighted by Crippen LogP contribution is 2.36. The predicted octanol–water partition coefficient (Wildman–Crippen LogP) is 2.85. The van der Waals surface area contributed by atoms with Crippen molar-refractivity contribution in [3.05, 3.63) is 60.1 Å². The van der Waals surface area contributed by atoms with E-state index in [0.29, 0.717) is 25.3 Å². The normalized spacial score (nSPS) is 22.8. The average Bonchev–Trinajstić information content (AvgIpc) is 3.37. The van der Waals surface area contributed by atoms with Crippen LogP contribution in [0.15, 0.2) is 47.1 Å². The van der Waals surface area contributed by atoms with E-state index in [9.17, 15) is 9.50 Å². The highest BCUT2D eigenvalue weighted by atomic mass is 19.1. The van der Waals surface area contributed by atoms with Crippen LogP contribution in [-0.4, -0.2) is 32.9 Å². The zero-order valence-electron chi connectivity index (χ0n) is 14.2. The van der Waals surface area contributed by atoms with Crippen LogP contribution in [0.1, 0.15) is 30.3 Å². The minimum atomic E-state index is -0.344. The molecule has 1 aliphatic carbocycles. The number of furan rings is 1. The van der Waals surface area contributed by atoms with E-state index in [4.69, 9.17) is 4.42 Å². The molecule has 3 N–H and O–H groups in total. The number of benzene rings is 1. The maximum Gasteiger partial charge on any atom is 0.137 e. The summed E-state index contributed by atoms with van der Waals surface area (Å²) in [6.45, 7) is 1.29. The number of H-pyrrole nitrogens is 1. The Morgan fingerprint density at radius 1 is 1.19 bits per heavy atom. The van der Waals surface area contributed by atoms with Gasteiger partial charge in [-0.05, 0) is 55.2 Å². The maximum atomic E-state index is 13.0. The summed E-state index contributed by atoms with van der Waals surface area (Å²) in [5, 5.41) is 20.4. The van der Waals surface area contributed by atoms with E-state index < -0.39 is 0 Å². The van der Waals surface area contributed by atoms with Crippen molar-refractivity contribution in [2.24, 2.45) is 5.92 Å². The van der Waals surface area contributed by atoms with E-state index in [1.54, 1.807) is 12.1 Å². The molecule has 2 aromatic heterocycles. The van der Waals surface area contributed by atoms with Gasteiger partial charge in [-0.2, -0.15) is 5.10 Å². The van der Waals surface area contributed by atoms with Gasteiger partial charge in [0, 0.05) is 18.0 Å². The third kappa shape index (κ3) is 3.68. The highest BCUT2D eigenvalue weighted by molar-refractivity contribution is 5.57. The van der Waals surface area contributed by atoms with Crippen molar-refractivity contribution >= 4 is 0 Å². The van der Waals surface area contributed by atoms with E-state index in [1.165, 1.54) is 18.5 Å². The molecule has 0 amide bonds. The van der Waals surface area contributed by atoms with Gasteiger partial charge in [0.1, 0.15) is 29.5 Å². The van der Waals surface area contributed by atoms with Crippen LogP contribution in [0.3, 0.4) is 0 Å². The Morgan fingerprint density at radius 2 is 2.04 bits per heavy atom. The first-order valence-corrected chi connectivity index (χ1v) is 8.78. The molecule has 0 saturated heterocycles. The van der Waals surface area contributed by atoms with Gasteiger partial charge in [0.15, 0.2) is 0 Å². The fraction of sp³-hybridized carbons (Fsp3) is 0.368. The van der Waals surface area contributed by atoms with Crippen molar-refractivity contribution in [3.63, 3.8) is 0 Å². The Balaban J connectivity index is 1.29. The molecule has 26 heavy (non-hydrogen) atoms. The molecule has 4 rings (SSSR count). The highest BCUT2D eigenvalue weighted by Gasteiger charge is 2.34. The standard InChI is InChI=1S/C19H21FN4O2/c20-15-3-1-12(2-4-15)18-6-5-16(26-18)10-21-9-14-7-13(8-17(14)25)19-22-11-23-24-19/h1-6,11,13-14,17,21,25H,7-10H2,(H,22,23,24)/t13?,14-,17-/m1/s1. The maximum absolute atomic E-state index is 13.0. The van der Waals surface area contributed by atoms with Crippen LogP contribution in [0, 0.1) is 11.7 Å². The first-order chi connectivity index (χ1) is 12.7. The van der Waals surface area contributed by atoms with Crippen LogP contribution in [0.5, 0.6) is 0 Å². The fourth-order valence-electron chi connectivity index (χ4n) is 3.58. The predicted molar refractivity (Wildman–Crippen MR) is 93.7 cm³/mol. The second-order valence-electron chi connectivity index (χ2n) is 6.77. The number of rotatable bonds is 6. The largest absolute Gasteiger partial charge is 0.460 e. The molecule has 1 aliphatic rings. The van der Waals surface area contributed by atoms with Crippen LogP contribution in [-0.2, 0) is 6.54 Å². The molecule has 136 valence electrons. The zero-order chi connectivity index (χ0) is 17.9. The monoisotopic (exact) mass is 356 g/mol. The van der Waals surface area contributed by atoms with Crippen LogP contribution in [0.4, 0.5) is 4.39 Å². The van der Waals surface area contributed by atoms with Crippen LogP contribution in [0.2, 0.25) is 0 Å². The van der Waals surface area contributed by atoms with Crippen molar-refractivity contribution in [1.82, 2.24) is 20.5 Å². The number of halogens is 1. The Bertz CT molecular complexity index is 832. The number of hydrogen-bond acceptors (Lipinski definition) is 5. The van der Waals surface area contributed by atoms with Gasteiger partial charge in [0.2, 0.25) is 0 Å². The van der Waals surface area contributed by atoms with E-state index in [-0.39, 0.29) is 23.8 Å². The van der Waals surface area contributed by atoms with Crippen LogP contribution < -0.4 is 5.32 Å². The van der Waals surface area contributed by atoms with Gasteiger partial charge in [0.05, 0.1) is 12.6 Å². The molecule has 6 nitrogen and oxygen atoms in total. The number of aliphatic hydroxyl groups is 1. The molecule has 3 atom stereocenters. The molecule has 1 unspecified atom stereocenters. The third-order valence-electron chi connectivity index (χ3n) is 4.97. The average molecular weight is 356 g/mol. The summed E-state index contributed by atoms with van der Waals surface area (Å²) in [4.78, 5) is 4.20. The fourth-order valence-corrected chi connectivity index (χ4v) is 3.58. The molecular weight excluding hydrogens is 335 g/mol. The summed E-state index contributed by atoms with van der Waals surface area (Å²) >= 11 is 0. The lowest BCUT2D eigenvalue weighted by Crippen LogP contribution is -2.27. The van der Waals surface area contributed by atoms with Crippen molar-refractivity contribution in [1.29, 1.82) is 0 Å². The summed E-state index contributed by atoms with van der Waals surface area (Å²) < 4.78 is 18.8. The topological polar surface area (TPSA) is 87.0 Å². The number of aromatic nitrogens is 3. The Morgan fingerprint density at radius 3 is 2.81 bits per heavy atom. The minimum Gasteiger partial charge on any atom is -0.460 e. The third-order valence-corrected chi connectivity index (χ3v) is 4.97. The van der Waals surface area contributed by atoms with Gasteiger partial charge in [-0.3, -0.25) is 5.10 Å². The smallest absolute Gasteiger partial charge is 0.137 e. The molecule has 0 spiro atoms. The Labute approximate surface area is 150 Å². The summed E-state index contributed by atoms with van der Waals surface area (Å²) in [5.41, 5.74) is 0.846. The van der Waals surface area contributed by atoms with Gasteiger partial charge in [-0.15, -0.1) is 0 Å². The summed E-state index contributed by atoms with van der Waals surface area (Å²) in [7, 11) is 0. The molecule has 3 aromatic rings. The number of aliphatic hydroxyl groups excluding tert-OH is 1. The first-order valence-electron chi connectivity index (χ1n) is 8.78. The Kier molecular flexibility index (Phi) is 4.81. The van der Waals surface area contributed by atoms with E-state index >= 15 is 0 Å². The minimum absolute atomic E-state index is 0.177. The number of nitrogens with zero attached hydrogens (tertiary/aromatic N) is 2. The van der Waals surface area contributed by atoms with Crippen molar-refractivity contribution < 1.29 is 13.9 Å². The summed E-state index contributed by atoms with van der Waals surface area (Å²) in [6.07, 6.45) is 2.74. The Hall–Kier alpha value is -2.51. The van der Waals surface area contributed by atoms with Crippen molar-refractivity contribution in [2.45, 2.75) is 31.4 Å². The van der Waals surface area contributed by atoms with Crippen LogP contribution in [0.25, 0.3) is 11.3 Å². The molecule has 1 aromatic carbocycles. The van der Waals surface area contributed by atoms with Gasteiger partial charge >= 0.3 is 0 Å². The van der Waals surface area contributed by atoms with Gasteiger partial charge in [-0.25, -0.2) is 9.37 Å². The molecule has 0 radical (unpaired) electrons. The number of hydrogen-bond donors (Lipinski definition) is 3. The first kappa shape index (κ1) is 16.9. The molecule has 1 saturated carbocycles. The second-order valence-corrected chi connectivity index (χ2v) is 6.77. The molecule has 1 fully saturated rings. The van der Waals surface area contributed by atoms with Crippen molar-refractivity contribution in [3.8, 4) is 11.3 Å². The number of nitrogens with one attached hydrogen (secondary N) is 2. The molecular formula is C19H21FN4O2. The number of aromatic amines is 1. The van der Waals surface area contributed by atoms with E-state index in [1.807, 2.05) is 12.1 Å². The molecule has 0 aliphatic heterocycles. The SMILES string of the molecule is O[C@@H]1CC(c2ncn[nH]2)C[C@@H]1CNCc1ccc(-c2ccc(F)cc2)o1. The second kappa shape index (κ2) is 7.39. The van der Waals surface area contributed by atoms with E-state index in [0.717, 1.165) is 23.6 Å². The zero-order valence-corrected chi connectivity index (χ0v) is 14.2. The lowest BCUT2D eigenvalue weighted by atomic mass is 10.0. The van der Waals surface area contributed by atoms with Gasteiger partial charge in [-0.1, -0.05) is 0 Å².